The summed E-state index contributed by atoms with van der Waals surface area (Å²) in [5.74, 6) is 0.186. The number of phenolic OH excluding ortho intramolecular Hbond substituents is 1. The van der Waals surface area contributed by atoms with Gasteiger partial charge in [-0.05, 0) is 23.7 Å². The predicted molar refractivity (Wildman–Crippen MR) is 70.4 cm³/mol. The average Bonchev–Trinajstić information content (AvgIpc) is 2.20. The lowest BCUT2D eigenvalue weighted by Gasteiger charge is -2.29. The van der Waals surface area contributed by atoms with E-state index in [1.807, 2.05) is 13.0 Å². The average molecular weight is 236 g/mol. The predicted octanol–water partition coefficient (Wildman–Crippen LogP) is 2.84. The molecule has 0 bridgehead atoms. The second kappa shape index (κ2) is 4.42. The van der Waals surface area contributed by atoms with E-state index in [2.05, 4.69) is 26.9 Å². The van der Waals surface area contributed by atoms with Gasteiger partial charge in [0.15, 0.2) is 6.29 Å². The number of benzene rings is 1. The first-order valence-corrected chi connectivity index (χ1v) is 8.67. The van der Waals surface area contributed by atoms with E-state index < -0.39 is 8.07 Å². The summed E-state index contributed by atoms with van der Waals surface area (Å²) >= 11 is 0. The van der Waals surface area contributed by atoms with Gasteiger partial charge < -0.3 is 5.11 Å². The quantitative estimate of drug-likeness (QED) is 0.647. The first-order valence-electron chi connectivity index (χ1n) is 5.60. The van der Waals surface area contributed by atoms with Crippen LogP contribution in [-0.4, -0.2) is 19.5 Å². The van der Waals surface area contributed by atoms with E-state index in [9.17, 15) is 9.90 Å². The number of aldehydes is 1. The van der Waals surface area contributed by atoms with Gasteiger partial charge in [0.25, 0.3) is 0 Å². The third-order valence-electron chi connectivity index (χ3n) is 3.55. The van der Waals surface area contributed by atoms with Crippen molar-refractivity contribution in [2.24, 2.45) is 0 Å². The Labute approximate surface area is 98.3 Å². The maximum absolute atomic E-state index is 10.9. The molecule has 1 rings (SSSR count). The molecule has 0 fully saturated rings. The van der Waals surface area contributed by atoms with Gasteiger partial charge in [-0.3, -0.25) is 4.79 Å². The van der Waals surface area contributed by atoms with Crippen LogP contribution in [0.2, 0.25) is 18.6 Å². The molecule has 1 aromatic carbocycles. The molecule has 0 saturated heterocycles. The molecule has 0 saturated carbocycles. The summed E-state index contributed by atoms with van der Waals surface area (Å²) in [6.07, 6.45) is 0.733. The van der Waals surface area contributed by atoms with Crippen molar-refractivity contribution in [3.05, 3.63) is 23.3 Å². The van der Waals surface area contributed by atoms with Crippen molar-refractivity contribution >= 4 is 19.5 Å². The van der Waals surface area contributed by atoms with Crippen molar-refractivity contribution < 1.29 is 9.90 Å². The Balaban J connectivity index is 3.44. The highest BCUT2D eigenvalue weighted by molar-refractivity contribution is 6.91. The lowest BCUT2D eigenvalue weighted by atomic mass is 10.1. The molecule has 88 valence electrons. The highest BCUT2D eigenvalue weighted by Gasteiger charge is 2.31. The van der Waals surface area contributed by atoms with E-state index in [0.29, 0.717) is 11.1 Å². The number of hydrogen-bond acceptors (Lipinski definition) is 2. The molecule has 0 heterocycles. The largest absolute Gasteiger partial charge is 0.507 e. The molecule has 3 heteroatoms. The van der Waals surface area contributed by atoms with Gasteiger partial charge >= 0.3 is 0 Å². The maximum atomic E-state index is 10.9. The molecule has 0 amide bonds. The Morgan fingerprint density at radius 2 is 1.88 bits per heavy atom. The summed E-state index contributed by atoms with van der Waals surface area (Å²) in [4.78, 5) is 10.9. The number of aromatic hydroxyl groups is 1. The minimum Gasteiger partial charge on any atom is -0.507 e. The van der Waals surface area contributed by atoms with Crippen LogP contribution < -0.4 is 5.19 Å². The summed E-state index contributed by atoms with van der Waals surface area (Å²) in [5, 5.41) is 11.1. The molecule has 0 radical (unpaired) electrons. The van der Waals surface area contributed by atoms with Crippen LogP contribution in [0.1, 0.15) is 29.8 Å². The van der Waals surface area contributed by atoms with Crippen molar-refractivity contribution in [2.75, 3.05) is 0 Å². The van der Waals surface area contributed by atoms with Gasteiger partial charge in [-0.2, -0.15) is 0 Å². The Morgan fingerprint density at radius 3 is 2.31 bits per heavy atom. The number of carbonyl (C=O) groups is 1. The van der Waals surface area contributed by atoms with Crippen LogP contribution in [0.5, 0.6) is 5.75 Å². The zero-order chi connectivity index (χ0) is 12.5. The van der Waals surface area contributed by atoms with Gasteiger partial charge in [-0.15, -0.1) is 0 Å². The molecular weight excluding hydrogens is 216 g/mol. The molecule has 0 unspecified atom stereocenters. The SMILES string of the molecule is Cc1cc(C=O)c(O)c([Si](C)(C)C(C)C)c1. The molecule has 0 aliphatic carbocycles. The summed E-state index contributed by atoms with van der Waals surface area (Å²) in [6, 6.07) is 3.76. The number of carbonyl (C=O) groups excluding carboxylic acids is 1. The van der Waals surface area contributed by atoms with Crippen LogP contribution in [0, 0.1) is 6.92 Å². The fourth-order valence-electron chi connectivity index (χ4n) is 1.70. The highest BCUT2D eigenvalue weighted by atomic mass is 28.3. The first kappa shape index (κ1) is 13.0. The zero-order valence-electron chi connectivity index (χ0n) is 10.7. The van der Waals surface area contributed by atoms with Crippen molar-refractivity contribution in [1.29, 1.82) is 0 Å². The minimum atomic E-state index is -1.69. The van der Waals surface area contributed by atoms with Gasteiger partial charge in [0.1, 0.15) is 5.75 Å². The topological polar surface area (TPSA) is 37.3 Å². The van der Waals surface area contributed by atoms with Crippen LogP contribution in [-0.2, 0) is 0 Å². The second-order valence-electron chi connectivity index (χ2n) is 5.24. The van der Waals surface area contributed by atoms with Crippen molar-refractivity contribution in [3.63, 3.8) is 0 Å². The van der Waals surface area contributed by atoms with Crippen molar-refractivity contribution in [2.45, 2.75) is 39.4 Å². The molecule has 0 spiro atoms. The van der Waals surface area contributed by atoms with E-state index >= 15 is 0 Å². The highest BCUT2D eigenvalue weighted by Crippen LogP contribution is 2.26. The van der Waals surface area contributed by atoms with Crippen LogP contribution >= 0.6 is 0 Å². The summed E-state index contributed by atoms with van der Waals surface area (Å²) in [7, 11) is -1.69. The van der Waals surface area contributed by atoms with E-state index in [1.165, 1.54) is 0 Å². The smallest absolute Gasteiger partial charge is 0.153 e. The Morgan fingerprint density at radius 1 is 1.31 bits per heavy atom. The van der Waals surface area contributed by atoms with Crippen molar-refractivity contribution in [3.8, 4) is 5.75 Å². The summed E-state index contributed by atoms with van der Waals surface area (Å²) in [6.45, 7) is 10.8. The fourth-order valence-corrected chi connectivity index (χ4v) is 3.68. The molecular formula is C13H20O2Si. The van der Waals surface area contributed by atoms with Gasteiger partial charge in [0.05, 0.1) is 13.6 Å². The van der Waals surface area contributed by atoms with E-state index in [4.69, 9.17) is 0 Å². The molecule has 0 atom stereocenters. The number of aryl methyl sites for hydroxylation is 1. The molecule has 2 nitrogen and oxygen atoms in total. The number of phenols is 1. The van der Waals surface area contributed by atoms with Crippen LogP contribution in [0.3, 0.4) is 0 Å². The molecule has 16 heavy (non-hydrogen) atoms. The normalized spacial score (nSPS) is 11.9. The zero-order valence-corrected chi connectivity index (χ0v) is 11.7. The van der Waals surface area contributed by atoms with Crippen LogP contribution in [0.25, 0.3) is 0 Å². The van der Waals surface area contributed by atoms with Gasteiger partial charge in [-0.25, -0.2) is 0 Å². The molecule has 0 aliphatic rings. The summed E-state index contributed by atoms with van der Waals surface area (Å²) in [5.41, 5.74) is 1.98. The number of hydrogen-bond donors (Lipinski definition) is 1. The van der Waals surface area contributed by atoms with E-state index in [-0.39, 0.29) is 5.75 Å². The lowest BCUT2D eigenvalue weighted by Crippen LogP contribution is -2.44. The molecule has 1 aromatic rings. The molecule has 1 N–H and O–H groups in total. The Kier molecular flexibility index (Phi) is 3.58. The molecule has 0 aliphatic heterocycles. The monoisotopic (exact) mass is 236 g/mol. The fraction of sp³-hybridized carbons (Fsp3) is 0.462. The minimum absolute atomic E-state index is 0.186. The van der Waals surface area contributed by atoms with Gasteiger partial charge in [0.2, 0.25) is 0 Å². The van der Waals surface area contributed by atoms with Gasteiger partial charge in [0, 0.05) is 0 Å². The Hall–Kier alpha value is -1.09. The number of rotatable bonds is 3. The van der Waals surface area contributed by atoms with Crippen molar-refractivity contribution in [1.82, 2.24) is 0 Å². The third kappa shape index (κ3) is 2.19. The standard InChI is InChI=1S/C13H20O2Si/c1-9(2)16(4,5)12-7-10(3)6-11(8-14)13(12)15/h6-9,15H,1-5H3. The van der Waals surface area contributed by atoms with Crippen LogP contribution in [0.4, 0.5) is 0 Å². The maximum Gasteiger partial charge on any atom is 0.153 e. The first-order chi connectivity index (χ1) is 7.30. The second-order valence-corrected chi connectivity index (χ2v) is 10.4. The van der Waals surface area contributed by atoms with Gasteiger partial charge in [-0.1, -0.05) is 38.6 Å². The lowest BCUT2D eigenvalue weighted by molar-refractivity contribution is 0.112. The molecule has 0 aromatic heterocycles. The summed E-state index contributed by atoms with van der Waals surface area (Å²) < 4.78 is 0. The van der Waals surface area contributed by atoms with E-state index in [0.717, 1.165) is 17.0 Å². The van der Waals surface area contributed by atoms with Crippen LogP contribution in [0.15, 0.2) is 12.1 Å². The third-order valence-corrected chi connectivity index (χ3v) is 8.20. The van der Waals surface area contributed by atoms with E-state index in [1.54, 1.807) is 6.07 Å². The Bertz CT molecular complexity index is 409.